The van der Waals surface area contributed by atoms with E-state index in [-0.39, 0.29) is 0 Å². The lowest BCUT2D eigenvalue weighted by Gasteiger charge is -2.13. The highest BCUT2D eigenvalue weighted by molar-refractivity contribution is 6.76. The standard InChI is InChI=1S/C11H8Cl3N3O/c12-11(13,14)10(18)17-8-3-1-2-6-5-16-9(15)4-7(6)8/h1-5H,(H2,15,16)(H,17,18). The number of amides is 1. The number of fused-ring (bicyclic) bond motifs is 1. The van der Waals surface area contributed by atoms with E-state index in [0.29, 0.717) is 11.5 Å². The topological polar surface area (TPSA) is 68.0 Å². The number of nitrogens with one attached hydrogen (secondary N) is 1. The first-order chi connectivity index (χ1) is 8.38. The van der Waals surface area contributed by atoms with E-state index in [0.717, 1.165) is 10.8 Å². The Kier molecular flexibility index (Phi) is 3.52. The number of benzene rings is 1. The molecule has 94 valence electrons. The van der Waals surface area contributed by atoms with Crippen LogP contribution in [0.4, 0.5) is 11.5 Å². The second-order valence-electron chi connectivity index (χ2n) is 3.59. The molecule has 2 aromatic rings. The second-order valence-corrected chi connectivity index (χ2v) is 5.87. The lowest BCUT2D eigenvalue weighted by Crippen LogP contribution is -2.27. The number of anilines is 2. The zero-order valence-corrected chi connectivity index (χ0v) is 11.2. The lowest BCUT2D eigenvalue weighted by atomic mass is 10.1. The molecule has 7 heteroatoms. The molecule has 0 aliphatic heterocycles. The van der Waals surface area contributed by atoms with Gasteiger partial charge in [0.15, 0.2) is 0 Å². The van der Waals surface area contributed by atoms with Crippen molar-refractivity contribution in [3.63, 3.8) is 0 Å². The van der Waals surface area contributed by atoms with Gasteiger partial charge in [-0.3, -0.25) is 4.79 Å². The SMILES string of the molecule is Nc1cc2c(NC(=O)C(Cl)(Cl)Cl)cccc2cn1. The highest BCUT2D eigenvalue weighted by Crippen LogP contribution is 2.30. The third kappa shape index (κ3) is 2.77. The maximum Gasteiger partial charge on any atom is 0.276 e. The summed E-state index contributed by atoms with van der Waals surface area (Å²) in [7, 11) is 0. The minimum atomic E-state index is -2.01. The van der Waals surface area contributed by atoms with Gasteiger partial charge < -0.3 is 11.1 Å². The highest BCUT2D eigenvalue weighted by atomic mass is 35.6. The molecular formula is C11H8Cl3N3O. The summed E-state index contributed by atoms with van der Waals surface area (Å²) in [6, 6.07) is 6.93. The van der Waals surface area contributed by atoms with Crippen LogP contribution in [0.15, 0.2) is 30.5 Å². The Morgan fingerprint density at radius 1 is 1.33 bits per heavy atom. The van der Waals surface area contributed by atoms with Gasteiger partial charge in [0.25, 0.3) is 9.70 Å². The average molecular weight is 305 g/mol. The summed E-state index contributed by atoms with van der Waals surface area (Å²) in [5.74, 6) is -0.381. The van der Waals surface area contributed by atoms with E-state index in [1.54, 1.807) is 24.4 Å². The molecule has 0 atom stereocenters. The van der Waals surface area contributed by atoms with Crippen molar-refractivity contribution in [2.75, 3.05) is 11.1 Å². The molecule has 1 heterocycles. The molecule has 0 aliphatic rings. The number of nitrogens with two attached hydrogens (primary N) is 1. The van der Waals surface area contributed by atoms with Gasteiger partial charge in [-0.25, -0.2) is 4.98 Å². The number of carbonyl (C=O) groups is 1. The van der Waals surface area contributed by atoms with Crippen LogP contribution in [0.5, 0.6) is 0 Å². The van der Waals surface area contributed by atoms with Crippen molar-refractivity contribution < 1.29 is 4.79 Å². The summed E-state index contributed by atoms with van der Waals surface area (Å²) in [6.45, 7) is 0. The Labute approximate surface area is 118 Å². The molecule has 0 radical (unpaired) electrons. The normalized spacial score (nSPS) is 11.5. The molecule has 0 unspecified atom stereocenters. The van der Waals surface area contributed by atoms with E-state index in [1.165, 1.54) is 0 Å². The monoisotopic (exact) mass is 303 g/mol. The summed E-state index contributed by atoms with van der Waals surface area (Å²) in [4.78, 5) is 15.6. The zero-order chi connectivity index (χ0) is 13.3. The first kappa shape index (κ1) is 13.2. The van der Waals surface area contributed by atoms with Gasteiger partial charge in [-0.15, -0.1) is 0 Å². The van der Waals surface area contributed by atoms with E-state index >= 15 is 0 Å². The Bertz CT molecular complexity index is 610. The van der Waals surface area contributed by atoms with Gasteiger partial charge >= 0.3 is 0 Å². The van der Waals surface area contributed by atoms with Crippen LogP contribution in [0.1, 0.15) is 0 Å². The lowest BCUT2D eigenvalue weighted by molar-refractivity contribution is -0.115. The summed E-state index contributed by atoms with van der Waals surface area (Å²) >= 11 is 16.5. The van der Waals surface area contributed by atoms with Gasteiger partial charge in [0, 0.05) is 22.7 Å². The third-order valence-corrected chi connectivity index (χ3v) is 2.81. The van der Waals surface area contributed by atoms with E-state index in [2.05, 4.69) is 10.3 Å². The molecule has 1 aromatic heterocycles. The van der Waals surface area contributed by atoms with Crippen LogP contribution in [0, 0.1) is 0 Å². The Balaban J connectivity index is 2.45. The maximum absolute atomic E-state index is 11.6. The van der Waals surface area contributed by atoms with Crippen molar-refractivity contribution in [3.05, 3.63) is 30.5 Å². The summed E-state index contributed by atoms with van der Waals surface area (Å²) < 4.78 is -2.01. The number of hydrogen-bond donors (Lipinski definition) is 2. The number of aromatic nitrogens is 1. The molecule has 3 N–H and O–H groups in total. The summed E-state index contributed by atoms with van der Waals surface area (Å²) in [5, 5.41) is 4.09. The smallest absolute Gasteiger partial charge is 0.276 e. The molecule has 0 bridgehead atoms. The number of nitrogens with zero attached hydrogens (tertiary/aromatic N) is 1. The van der Waals surface area contributed by atoms with Crippen LogP contribution >= 0.6 is 34.8 Å². The van der Waals surface area contributed by atoms with Crippen molar-refractivity contribution in [1.29, 1.82) is 0 Å². The molecule has 0 saturated carbocycles. The fraction of sp³-hybridized carbons (Fsp3) is 0.0909. The molecule has 2 rings (SSSR count). The number of nitrogen functional groups attached to an aromatic ring is 1. The number of carbonyl (C=O) groups excluding carboxylic acids is 1. The number of rotatable bonds is 1. The van der Waals surface area contributed by atoms with Crippen molar-refractivity contribution >= 4 is 63.0 Å². The summed E-state index contributed by atoms with van der Waals surface area (Å²) in [5.41, 5.74) is 6.12. The predicted octanol–water partition coefficient (Wildman–Crippen LogP) is 3.13. The Hall–Kier alpha value is -1.23. The van der Waals surface area contributed by atoms with Crippen LogP contribution in [0.25, 0.3) is 10.8 Å². The molecule has 0 spiro atoms. The van der Waals surface area contributed by atoms with Crippen LogP contribution in [0.2, 0.25) is 0 Å². The van der Waals surface area contributed by atoms with Gasteiger partial charge in [-0.1, -0.05) is 46.9 Å². The van der Waals surface area contributed by atoms with E-state index in [1.807, 2.05) is 6.07 Å². The Morgan fingerprint density at radius 3 is 2.72 bits per heavy atom. The van der Waals surface area contributed by atoms with E-state index < -0.39 is 9.70 Å². The minimum absolute atomic E-state index is 0.345. The molecule has 1 aromatic carbocycles. The largest absolute Gasteiger partial charge is 0.384 e. The number of pyridine rings is 1. The molecule has 0 aliphatic carbocycles. The van der Waals surface area contributed by atoms with E-state index in [4.69, 9.17) is 40.5 Å². The first-order valence-electron chi connectivity index (χ1n) is 4.90. The average Bonchev–Trinajstić information content (AvgIpc) is 2.28. The molecule has 4 nitrogen and oxygen atoms in total. The van der Waals surface area contributed by atoms with Crippen LogP contribution in [0.3, 0.4) is 0 Å². The second kappa shape index (κ2) is 4.80. The van der Waals surface area contributed by atoms with Crippen molar-refractivity contribution in [3.8, 4) is 0 Å². The molecule has 0 saturated heterocycles. The zero-order valence-electron chi connectivity index (χ0n) is 8.95. The van der Waals surface area contributed by atoms with Crippen molar-refractivity contribution in [1.82, 2.24) is 4.98 Å². The predicted molar refractivity (Wildman–Crippen MR) is 75.1 cm³/mol. The number of alkyl halides is 3. The van der Waals surface area contributed by atoms with Gasteiger partial charge in [0.05, 0.1) is 0 Å². The van der Waals surface area contributed by atoms with Gasteiger partial charge in [0.1, 0.15) is 5.82 Å². The minimum Gasteiger partial charge on any atom is -0.384 e. The fourth-order valence-corrected chi connectivity index (χ4v) is 1.63. The fourth-order valence-electron chi connectivity index (χ4n) is 1.49. The molecule has 0 fully saturated rings. The van der Waals surface area contributed by atoms with E-state index in [9.17, 15) is 4.79 Å². The van der Waals surface area contributed by atoms with Crippen molar-refractivity contribution in [2.45, 2.75) is 3.79 Å². The van der Waals surface area contributed by atoms with Crippen LogP contribution in [-0.4, -0.2) is 14.7 Å². The first-order valence-corrected chi connectivity index (χ1v) is 6.04. The van der Waals surface area contributed by atoms with Gasteiger partial charge in [0.2, 0.25) is 0 Å². The molecular weight excluding hydrogens is 297 g/mol. The third-order valence-electron chi connectivity index (χ3n) is 2.29. The maximum atomic E-state index is 11.6. The number of hydrogen-bond acceptors (Lipinski definition) is 3. The van der Waals surface area contributed by atoms with Gasteiger partial charge in [-0.05, 0) is 12.1 Å². The quantitative estimate of drug-likeness (QED) is 0.795. The van der Waals surface area contributed by atoms with Crippen LogP contribution < -0.4 is 11.1 Å². The number of halogens is 3. The molecule has 1 amide bonds. The van der Waals surface area contributed by atoms with Gasteiger partial charge in [-0.2, -0.15) is 0 Å². The molecule has 18 heavy (non-hydrogen) atoms. The van der Waals surface area contributed by atoms with Crippen LogP contribution in [-0.2, 0) is 4.79 Å². The highest BCUT2D eigenvalue weighted by Gasteiger charge is 2.30. The Morgan fingerprint density at radius 2 is 2.06 bits per heavy atom. The summed E-state index contributed by atoms with van der Waals surface area (Å²) in [6.07, 6.45) is 1.61. The van der Waals surface area contributed by atoms with Crippen molar-refractivity contribution in [2.24, 2.45) is 0 Å².